The average molecular weight is 270 g/mol. The fourth-order valence-corrected chi connectivity index (χ4v) is 3.22. The van der Waals surface area contributed by atoms with Crippen LogP contribution in [-0.2, 0) is 0 Å². The van der Waals surface area contributed by atoms with E-state index in [1.165, 1.54) is 32.1 Å². The first-order chi connectivity index (χ1) is 9.04. The van der Waals surface area contributed by atoms with E-state index in [1.807, 2.05) is 0 Å². The molecule has 1 atom stereocenters. The molecule has 3 heteroatoms. The number of rotatable bonds is 8. The molecule has 0 aromatic rings. The summed E-state index contributed by atoms with van der Waals surface area (Å²) in [6.45, 7) is 5.59. The number of nitrogens with zero attached hydrogens (tertiary/aromatic N) is 1. The van der Waals surface area contributed by atoms with Gasteiger partial charge >= 0.3 is 0 Å². The van der Waals surface area contributed by atoms with E-state index in [-0.39, 0.29) is 12.1 Å². The predicted octanol–water partition coefficient (Wildman–Crippen LogP) is 2.77. The third-order valence-corrected chi connectivity index (χ3v) is 5.22. The molecule has 114 valence electrons. The summed E-state index contributed by atoms with van der Waals surface area (Å²) in [7, 11) is 2.25. The van der Waals surface area contributed by atoms with Gasteiger partial charge in [0.15, 0.2) is 0 Å². The molecule has 19 heavy (non-hydrogen) atoms. The van der Waals surface area contributed by atoms with Crippen LogP contribution in [-0.4, -0.2) is 41.8 Å². The quantitative estimate of drug-likeness (QED) is 0.713. The molecule has 0 aliphatic heterocycles. The van der Waals surface area contributed by atoms with Crippen LogP contribution in [0, 0.1) is 5.92 Å². The lowest BCUT2D eigenvalue weighted by Crippen LogP contribution is -2.44. The highest BCUT2D eigenvalue weighted by Gasteiger charge is 2.24. The summed E-state index contributed by atoms with van der Waals surface area (Å²) in [4.78, 5) is 2.51. The zero-order valence-corrected chi connectivity index (χ0v) is 13.2. The molecule has 0 amide bonds. The normalized spacial score (nSPS) is 27.5. The Bertz CT molecular complexity index is 233. The second kappa shape index (κ2) is 8.23. The zero-order chi connectivity index (χ0) is 14.3. The summed E-state index contributed by atoms with van der Waals surface area (Å²) in [6.07, 6.45) is 9.74. The predicted molar refractivity (Wildman–Crippen MR) is 82.2 cm³/mol. The Kier molecular flexibility index (Phi) is 7.33. The Morgan fingerprint density at radius 1 is 1.21 bits per heavy atom. The minimum atomic E-state index is -0.360. The van der Waals surface area contributed by atoms with Crippen molar-refractivity contribution in [3.63, 3.8) is 0 Å². The van der Waals surface area contributed by atoms with Gasteiger partial charge in [0.1, 0.15) is 0 Å². The molecule has 1 saturated carbocycles. The summed E-state index contributed by atoms with van der Waals surface area (Å²) in [5.41, 5.74) is 5.77. The summed E-state index contributed by atoms with van der Waals surface area (Å²) in [6, 6.07) is 0.769. The molecular formula is C16H34N2O. The van der Waals surface area contributed by atoms with E-state index in [1.54, 1.807) is 0 Å². The lowest BCUT2D eigenvalue weighted by Gasteiger charge is -2.35. The van der Waals surface area contributed by atoms with Crippen LogP contribution in [0.2, 0.25) is 0 Å². The number of nitrogens with two attached hydrogens (primary N) is 1. The fourth-order valence-electron chi connectivity index (χ4n) is 3.22. The molecular weight excluding hydrogens is 236 g/mol. The molecule has 3 nitrogen and oxygen atoms in total. The molecule has 1 aliphatic carbocycles. The van der Waals surface area contributed by atoms with Gasteiger partial charge in [-0.15, -0.1) is 0 Å². The second-order valence-corrected chi connectivity index (χ2v) is 6.54. The Morgan fingerprint density at radius 3 is 2.32 bits per heavy atom. The van der Waals surface area contributed by atoms with Gasteiger partial charge in [-0.3, -0.25) is 0 Å². The van der Waals surface area contributed by atoms with Crippen LogP contribution < -0.4 is 5.73 Å². The van der Waals surface area contributed by atoms with Crippen LogP contribution in [0.1, 0.15) is 65.2 Å². The smallest absolute Gasteiger partial charge is 0.0611 e. The first-order valence-corrected chi connectivity index (χ1v) is 8.14. The van der Waals surface area contributed by atoms with Gasteiger partial charge in [0.05, 0.1) is 6.61 Å². The fraction of sp³-hybridized carbons (Fsp3) is 1.00. The van der Waals surface area contributed by atoms with Gasteiger partial charge in [0.2, 0.25) is 0 Å². The van der Waals surface area contributed by atoms with Crippen LogP contribution in [0.3, 0.4) is 0 Å². The van der Waals surface area contributed by atoms with E-state index < -0.39 is 0 Å². The Morgan fingerprint density at radius 2 is 1.84 bits per heavy atom. The lowest BCUT2D eigenvalue weighted by atomic mass is 9.84. The van der Waals surface area contributed by atoms with Crippen molar-refractivity contribution >= 4 is 0 Å². The molecule has 1 aliphatic rings. The highest BCUT2D eigenvalue weighted by atomic mass is 16.3. The van der Waals surface area contributed by atoms with E-state index in [4.69, 9.17) is 5.73 Å². The maximum atomic E-state index is 9.32. The summed E-state index contributed by atoms with van der Waals surface area (Å²) in [5.74, 6) is 0.968. The van der Waals surface area contributed by atoms with Crippen molar-refractivity contribution in [2.24, 2.45) is 11.7 Å². The van der Waals surface area contributed by atoms with E-state index in [0.717, 1.165) is 37.8 Å². The van der Waals surface area contributed by atoms with Gasteiger partial charge in [-0.2, -0.15) is 0 Å². The van der Waals surface area contributed by atoms with E-state index in [9.17, 15) is 5.11 Å². The SMILES string of the molecule is CCC1CCC(N(C)CCCC(N)(CC)CO)CC1. The number of aliphatic hydroxyl groups excluding tert-OH is 1. The van der Waals surface area contributed by atoms with Crippen LogP contribution >= 0.6 is 0 Å². The van der Waals surface area contributed by atoms with E-state index >= 15 is 0 Å². The first kappa shape index (κ1) is 16.9. The van der Waals surface area contributed by atoms with Gasteiger partial charge in [-0.05, 0) is 64.5 Å². The molecule has 1 unspecified atom stereocenters. The Labute approximate surface area is 119 Å². The Balaban J connectivity index is 2.23. The molecule has 0 aromatic heterocycles. The van der Waals surface area contributed by atoms with Crippen molar-refractivity contribution in [1.29, 1.82) is 0 Å². The van der Waals surface area contributed by atoms with Crippen LogP contribution in [0.4, 0.5) is 0 Å². The maximum Gasteiger partial charge on any atom is 0.0611 e. The van der Waals surface area contributed by atoms with Crippen LogP contribution in [0.25, 0.3) is 0 Å². The van der Waals surface area contributed by atoms with Gasteiger partial charge in [0, 0.05) is 11.6 Å². The molecule has 1 rings (SSSR count). The number of aliphatic hydroxyl groups is 1. The molecule has 0 saturated heterocycles. The number of hydrogen-bond acceptors (Lipinski definition) is 3. The van der Waals surface area contributed by atoms with Gasteiger partial charge in [-0.1, -0.05) is 20.3 Å². The van der Waals surface area contributed by atoms with Gasteiger partial charge < -0.3 is 15.7 Å². The van der Waals surface area contributed by atoms with Crippen LogP contribution in [0.5, 0.6) is 0 Å². The largest absolute Gasteiger partial charge is 0.394 e. The highest BCUT2D eigenvalue weighted by molar-refractivity contribution is 4.83. The highest BCUT2D eigenvalue weighted by Crippen LogP contribution is 2.29. The minimum absolute atomic E-state index is 0.106. The van der Waals surface area contributed by atoms with E-state index in [0.29, 0.717) is 0 Å². The minimum Gasteiger partial charge on any atom is -0.394 e. The Hall–Kier alpha value is -0.120. The van der Waals surface area contributed by atoms with Gasteiger partial charge in [-0.25, -0.2) is 0 Å². The van der Waals surface area contributed by atoms with Crippen molar-refractivity contribution in [1.82, 2.24) is 4.90 Å². The number of hydrogen-bond donors (Lipinski definition) is 2. The molecule has 0 bridgehead atoms. The van der Waals surface area contributed by atoms with Crippen LogP contribution in [0.15, 0.2) is 0 Å². The zero-order valence-electron chi connectivity index (χ0n) is 13.2. The summed E-state index contributed by atoms with van der Waals surface area (Å²) >= 11 is 0. The molecule has 0 spiro atoms. The van der Waals surface area contributed by atoms with Crippen molar-refractivity contribution in [3.05, 3.63) is 0 Å². The summed E-state index contributed by atoms with van der Waals surface area (Å²) < 4.78 is 0. The van der Waals surface area contributed by atoms with Crippen molar-refractivity contribution in [3.8, 4) is 0 Å². The average Bonchev–Trinajstić information content (AvgIpc) is 2.47. The molecule has 1 fully saturated rings. The molecule has 0 radical (unpaired) electrons. The monoisotopic (exact) mass is 270 g/mol. The van der Waals surface area contributed by atoms with Crippen molar-refractivity contribution < 1.29 is 5.11 Å². The standard InChI is InChI=1S/C16H34N2O/c1-4-14-7-9-15(10-8-14)18(3)12-6-11-16(17,5-2)13-19/h14-15,19H,4-13,17H2,1-3H3. The van der Waals surface area contributed by atoms with Gasteiger partial charge in [0.25, 0.3) is 0 Å². The molecule has 0 heterocycles. The topological polar surface area (TPSA) is 49.5 Å². The second-order valence-electron chi connectivity index (χ2n) is 6.54. The molecule has 3 N–H and O–H groups in total. The lowest BCUT2D eigenvalue weighted by molar-refractivity contribution is 0.145. The summed E-state index contributed by atoms with van der Waals surface area (Å²) in [5, 5.41) is 9.32. The maximum absolute atomic E-state index is 9.32. The third-order valence-electron chi connectivity index (χ3n) is 5.22. The van der Waals surface area contributed by atoms with Crippen molar-refractivity contribution in [2.75, 3.05) is 20.2 Å². The molecule has 0 aromatic carbocycles. The first-order valence-electron chi connectivity index (χ1n) is 8.14. The van der Waals surface area contributed by atoms with Crippen molar-refractivity contribution in [2.45, 2.75) is 76.8 Å². The van der Waals surface area contributed by atoms with E-state index in [2.05, 4.69) is 25.8 Å². The third kappa shape index (κ3) is 5.41.